The van der Waals surface area contributed by atoms with Gasteiger partial charge in [-0.15, -0.1) is 0 Å². The molecule has 0 spiro atoms. The van der Waals surface area contributed by atoms with Crippen molar-refractivity contribution in [2.24, 2.45) is 0 Å². The molecule has 1 aromatic heterocycles. The van der Waals surface area contributed by atoms with Gasteiger partial charge in [-0.1, -0.05) is 35.0 Å². The summed E-state index contributed by atoms with van der Waals surface area (Å²) in [5, 5.41) is 3.27. The highest BCUT2D eigenvalue weighted by molar-refractivity contribution is 9.10. The van der Waals surface area contributed by atoms with E-state index in [1.165, 1.54) is 0 Å². The molecule has 0 bridgehead atoms. The highest BCUT2D eigenvalue weighted by Gasteiger charge is 2.11. The van der Waals surface area contributed by atoms with Crippen LogP contribution in [0.5, 0.6) is 0 Å². The Balaban J connectivity index is 2.20. The molecule has 2 rings (SSSR count). The average molecular weight is 295 g/mol. The summed E-state index contributed by atoms with van der Waals surface area (Å²) in [5.41, 5.74) is 1.04. The van der Waals surface area contributed by atoms with Crippen LogP contribution < -0.4 is 5.32 Å². The first-order valence-electron chi connectivity index (χ1n) is 5.65. The van der Waals surface area contributed by atoms with Gasteiger partial charge >= 0.3 is 0 Å². The number of aromatic nitrogens is 1. The second-order valence-corrected chi connectivity index (χ2v) is 4.76. The van der Waals surface area contributed by atoms with Crippen molar-refractivity contribution in [1.29, 1.82) is 0 Å². The van der Waals surface area contributed by atoms with Crippen LogP contribution in [0.4, 0.5) is 0 Å². The van der Waals surface area contributed by atoms with Crippen molar-refractivity contribution < 1.29 is 4.42 Å². The standard InChI is InChI=1S/C13H15BrN2O/c1-3-15-9(2)13-16-8-12(17-13)10-4-6-11(14)7-5-10/h4-9,15H,3H2,1-2H3. The number of oxazole rings is 1. The minimum atomic E-state index is 0.143. The Bertz CT molecular complexity index is 478. The van der Waals surface area contributed by atoms with Crippen LogP contribution in [0.2, 0.25) is 0 Å². The van der Waals surface area contributed by atoms with Crippen LogP contribution in [0, 0.1) is 0 Å². The quantitative estimate of drug-likeness (QED) is 0.933. The summed E-state index contributed by atoms with van der Waals surface area (Å²) in [6.07, 6.45) is 1.77. The summed E-state index contributed by atoms with van der Waals surface area (Å²) in [6.45, 7) is 5.01. The normalized spacial score (nSPS) is 12.6. The summed E-state index contributed by atoms with van der Waals surface area (Å²) in [7, 11) is 0. The van der Waals surface area contributed by atoms with Gasteiger partial charge in [0, 0.05) is 10.0 Å². The molecule has 4 heteroatoms. The number of benzene rings is 1. The molecule has 1 atom stereocenters. The van der Waals surface area contributed by atoms with Gasteiger partial charge in [0.25, 0.3) is 0 Å². The molecule has 1 N–H and O–H groups in total. The van der Waals surface area contributed by atoms with E-state index in [-0.39, 0.29) is 6.04 Å². The second-order valence-electron chi connectivity index (χ2n) is 3.85. The van der Waals surface area contributed by atoms with Gasteiger partial charge in [-0.05, 0) is 25.6 Å². The SMILES string of the molecule is CCNC(C)c1ncc(-c2ccc(Br)cc2)o1. The Hall–Kier alpha value is -1.13. The molecule has 0 saturated heterocycles. The first kappa shape index (κ1) is 12.3. The lowest BCUT2D eigenvalue weighted by atomic mass is 10.2. The summed E-state index contributed by atoms with van der Waals surface area (Å²) < 4.78 is 6.79. The number of nitrogens with one attached hydrogen (secondary N) is 1. The lowest BCUT2D eigenvalue weighted by Crippen LogP contribution is -2.17. The number of hydrogen-bond donors (Lipinski definition) is 1. The zero-order valence-electron chi connectivity index (χ0n) is 9.90. The third kappa shape index (κ3) is 2.96. The van der Waals surface area contributed by atoms with Crippen molar-refractivity contribution in [3.8, 4) is 11.3 Å². The lowest BCUT2D eigenvalue weighted by Gasteiger charge is -2.06. The van der Waals surface area contributed by atoms with Crippen LogP contribution in [-0.2, 0) is 0 Å². The molecule has 0 amide bonds. The molecular weight excluding hydrogens is 280 g/mol. The Morgan fingerprint density at radius 2 is 2.06 bits per heavy atom. The van der Waals surface area contributed by atoms with E-state index in [9.17, 15) is 0 Å². The van der Waals surface area contributed by atoms with Gasteiger partial charge in [0.1, 0.15) is 0 Å². The van der Waals surface area contributed by atoms with Crippen LogP contribution >= 0.6 is 15.9 Å². The first-order chi connectivity index (χ1) is 8.20. The van der Waals surface area contributed by atoms with Crippen molar-refractivity contribution in [3.05, 3.63) is 40.8 Å². The van der Waals surface area contributed by atoms with Crippen LogP contribution in [0.25, 0.3) is 11.3 Å². The fourth-order valence-electron chi connectivity index (χ4n) is 1.63. The number of halogens is 1. The molecule has 0 aliphatic carbocycles. The molecule has 1 heterocycles. The van der Waals surface area contributed by atoms with E-state index in [1.807, 2.05) is 31.2 Å². The minimum Gasteiger partial charge on any atom is -0.439 e. The van der Waals surface area contributed by atoms with Crippen LogP contribution in [-0.4, -0.2) is 11.5 Å². The summed E-state index contributed by atoms with van der Waals surface area (Å²) in [6, 6.07) is 8.14. The fraction of sp³-hybridized carbons (Fsp3) is 0.308. The maximum atomic E-state index is 5.73. The molecule has 17 heavy (non-hydrogen) atoms. The fourth-order valence-corrected chi connectivity index (χ4v) is 1.89. The van der Waals surface area contributed by atoms with E-state index in [0.717, 1.165) is 28.2 Å². The van der Waals surface area contributed by atoms with Gasteiger partial charge in [-0.25, -0.2) is 4.98 Å². The van der Waals surface area contributed by atoms with E-state index in [1.54, 1.807) is 6.20 Å². The largest absolute Gasteiger partial charge is 0.439 e. The van der Waals surface area contributed by atoms with Crippen molar-refractivity contribution in [3.63, 3.8) is 0 Å². The average Bonchev–Trinajstić information content (AvgIpc) is 2.80. The Morgan fingerprint density at radius 1 is 1.35 bits per heavy atom. The molecule has 0 fully saturated rings. The molecule has 0 aliphatic rings. The van der Waals surface area contributed by atoms with Crippen molar-refractivity contribution in [1.82, 2.24) is 10.3 Å². The second kappa shape index (κ2) is 5.47. The monoisotopic (exact) mass is 294 g/mol. The molecular formula is C13H15BrN2O. The predicted octanol–water partition coefficient (Wildman–Crippen LogP) is 3.77. The summed E-state index contributed by atoms with van der Waals surface area (Å²) >= 11 is 3.41. The van der Waals surface area contributed by atoms with Crippen LogP contribution in [0.3, 0.4) is 0 Å². The molecule has 0 aliphatic heterocycles. The molecule has 3 nitrogen and oxygen atoms in total. The van der Waals surface area contributed by atoms with Crippen LogP contribution in [0.15, 0.2) is 39.4 Å². The topological polar surface area (TPSA) is 38.1 Å². The van der Waals surface area contributed by atoms with Gasteiger partial charge in [0.15, 0.2) is 5.76 Å². The smallest absolute Gasteiger partial charge is 0.211 e. The third-order valence-corrected chi connectivity index (χ3v) is 3.06. The highest BCUT2D eigenvalue weighted by atomic mass is 79.9. The molecule has 1 aromatic carbocycles. The van der Waals surface area contributed by atoms with E-state index in [0.29, 0.717) is 0 Å². The van der Waals surface area contributed by atoms with Gasteiger partial charge in [0.2, 0.25) is 5.89 Å². The minimum absolute atomic E-state index is 0.143. The Morgan fingerprint density at radius 3 is 2.71 bits per heavy atom. The van der Waals surface area contributed by atoms with Gasteiger partial charge in [-0.3, -0.25) is 0 Å². The number of hydrogen-bond acceptors (Lipinski definition) is 3. The molecule has 90 valence electrons. The van der Waals surface area contributed by atoms with E-state index in [2.05, 4.69) is 33.2 Å². The van der Waals surface area contributed by atoms with Crippen molar-refractivity contribution in [2.45, 2.75) is 19.9 Å². The molecule has 1 unspecified atom stereocenters. The zero-order valence-corrected chi connectivity index (χ0v) is 11.5. The summed E-state index contributed by atoms with van der Waals surface area (Å²) in [4.78, 5) is 4.29. The number of nitrogens with zero attached hydrogens (tertiary/aromatic N) is 1. The van der Waals surface area contributed by atoms with Gasteiger partial charge < -0.3 is 9.73 Å². The first-order valence-corrected chi connectivity index (χ1v) is 6.45. The molecule has 2 aromatic rings. The Kier molecular flexibility index (Phi) is 3.97. The summed E-state index contributed by atoms with van der Waals surface area (Å²) in [5.74, 6) is 1.53. The lowest BCUT2D eigenvalue weighted by molar-refractivity contribution is 0.429. The van der Waals surface area contributed by atoms with Crippen LogP contribution in [0.1, 0.15) is 25.8 Å². The van der Waals surface area contributed by atoms with E-state index in [4.69, 9.17) is 4.42 Å². The van der Waals surface area contributed by atoms with E-state index >= 15 is 0 Å². The Labute approximate surface area is 109 Å². The predicted molar refractivity (Wildman–Crippen MR) is 71.7 cm³/mol. The van der Waals surface area contributed by atoms with E-state index < -0.39 is 0 Å². The highest BCUT2D eigenvalue weighted by Crippen LogP contribution is 2.24. The van der Waals surface area contributed by atoms with Gasteiger partial charge in [-0.2, -0.15) is 0 Å². The third-order valence-electron chi connectivity index (χ3n) is 2.53. The van der Waals surface area contributed by atoms with Gasteiger partial charge in [0.05, 0.1) is 12.2 Å². The molecule has 0 radical (unpaired) electrons. The maximum Gasteiger partial charge on any atom is 0.211 e. The number of rotatable bonds is 4. The maximum absolute atomic E-state index is 5.73. The zero-order chi connectivity index (χ0) is 12.3. The molecule has 0 saturated carbocycles. The van der Waals surface area contributed by atoms with Crippen molar-refractivity contribution in [2.75, 3.05) is 6.54 Å². The van der Waals surface area contributed by atoms with Crippen molar-refractivity contribution >= 4 is 15.9 Å².